The minimum absolute atomic E-state index is 0.154. The average Bonchev–Trinajstić information content (AvgIpc) is 2.47. The van der Waals surface area contributed by atoms with Crippen LogP contribution in [0.25, 0.3) is 6.08 Å². The highest BCUT2D eigenvalue weighted by molar-refractivity contribution is 5.49. The molecule has 1 aromatic carbocycles. The van der Waals surface area contributed by atoms with Crippen LogP contribution in [0.1, 0.15) is 38.7 Å². The molecule has 2 nitrogen and oxygen atoms in total. The predicted molar refractivity (Wildman–Crippen MR) is 94.5 cm³/mol. The van der Waals surface area contributed by atoms with E-state index in [1.165, 1.54) is 0 Å². The second kappa shape index (κ2) is 8.72. The zero-order chi connectivity index (χ0) is 16.6. The highest BCUT2D eigenvalue weighted by atomic mass is 16.3. The summed E-state index contributed by atoms with van der Waals surface area (Å²) in [5, 5.41) is 19.6. The van der Waals surface area contributed by atoms with Crippen molar-refractivity contribution in [3.05, 3.63) is 66.3 Å². The molecule has 1 rings (SSSR count). The first-order valence-electron chi connectivity index (χ1n) is 7.75. The molecule has 0 radical (unpaired) electrons. The Hall–Kier alpha value is -1.64. The molecule has 0 fully saturated rings. The van der Waals surface area contributed by atoms with Gasteiger partial charge in [-0.1, -0.05) is 68.1 Å². The first-order valence-corrected chi connectivity index (χ1v) is 7.75. The van der Waals surface area contributed by atoms with Crippen molar-refractivity contribution in [1.29, 1.82) is 0 Å². The SMILES string of the molecule is C=C(CC(=C)C(C)(O)C/C=C/c1ccccc1)CC(C)CO. The lowest BCUT2D eigenvalue weighted by Crippen LogP contribution is -2.26. The standard InChI is InChI=1S/C20H28O2/c1-16(13-17(2)15-21)14-18(3)20(4,22)12-8-11-19-9-6-5-7-10-19/h5-11,17,21-22H,1,3,12-15H2,2,4H3/b11-8+. The number of aliphatic hydroxyl groups excluding tert-OH is 1. The van der Waals surface area contributed by atoms with Crippen LogP contribution in [0, 0.1) is 5.92 Å². The van der Waals surface area contributed by atoms with Crippen molar-refractivity contribution in [1.82, 2.24) is 0 Å². The van der Waals surface area contributed by atoms with Gasteiger partial charge in [0.05, 0.1) is 5.60 Å². The molecule has 0 aliphatic carbocycles. The van der Waals surface area contributed by atoms with Crippen LogP contribution in [0.5, 0.6) is 0 Å². The number of hydrogen-bond acceptors (Lipinski definition) is 2. The van der Waals surface area contributed by atoms with Crippen LogP contribution in [0.3, 0.4) is 0 Å². The zero-order valence-corrected chi connectivity index (χ0v) is 13.8. The Bertz CT molecular complexity index is 512. The molecule has 1 aromatic rings. The van der Waals surface area contributed by atoms with Gasteiger partial charge in [-0.15, -0.1) is 0 Å². The molecule has 0 saturated carbocycles. The summed E-state index contributed by atoms with van der Waals surface area (Å²) in [7, 11) is 0. The summed E-state index contributed by atoms with van der Waals surface area (Å²) in [4.78, 5) is 0. The van der Waals surface area contributed by atoms with E-state index in [0.717, 1.165) is 23.1 Å². The summed E-state index contributed by atoms with van der Waals surface area (Å²) in [6.07, 6.45) is 5.84. The number of benzene rings is 1. The maximum absolute atomic E-state index is 10.6. The van der Waals surface area contributed by atoms with Crippen molar-refractivity contribution in [2.24, 2.45) is 5.92 Å². The van der Waals surface area contributed by atoms with Crippen LogP contribution in [-0.4, -0.2) is 22.4 Å². The Kier molecular flexibility index (Phi) is 7.30. The van der Waals surface area contributed by atoms with E-state index >= 15 is 0 Å². The second-order valence-corrected chi connectivity index (χ2v) is 6.31. The van der Waals surface area contributed by atoms with Gasteiger partial charge in [0.25, 0.3) is 0 Å². The smallest absolute Gasteiger partial charge is 0.0863 e. The van der Waals surface area contributed by atoms with Gasteiger partial charge in [0, 0.05) is 6.61 Å². The molecule has 2 unspecified atom stereocenters. The number of aliphatic hydroxyl groups is 2. The highest BCUT2D eigenvalue weighted by Crippen LogP contribution is 2.27. The van der Waals surface area contributed by atoms with Gasteiger partial charge < -0.3 is 10.2 Å². The Morgan fingerprint density at radius 1 is 1.27 bits per heavy atom. The van der Waals surface area contributed by atoms with E-state index in [0.29, 0.717) is 12.8 Å². The Morgan fingerprint density at radius 3 is 2.50 bits per heavy atom. The maximum atomic E-state index is 10.6. The van der Waals surface area contributed by atoms with Gasteiger partial charge in [0.2, 0.25) is 0 Å². The molecule has 0 aliphatic rings. The summed E-state index contributed by atoms with van der Waals surface area (Å²) in [6.45, 7) is 12.0. The molecule has 22 heavy (non-hydrogen) atoms. The van der Waals surface area contributed by atoms with Gasteiger partial charge in [0.1, 0.15) is 0 Å². The summed E-state index contributed by atoms with van der Waals surface area (Å²) in [6, 6.07) is 10.0. The summed E-state index contributed by atoms with van der Waals surface area (Å²) in [5.41, 5.74) is 1.93. The molecule has 2 heteroatoms. The van der Waals surface area contributed by atoms with Gasteiger partial charge in [0.15, 0.2) is 0 Å². The van der Waals surface area contributed by atoms with E-state index in [2.05, 4.69) is 13.2 Å². The summed E-state index contributed by atoms with van der Waals surface area (Å²) in [5.74, 6) is 0.197. The monoisotopic (exact) mass is 300 g/mol. The molecule has 2 atom stereocenters. The fourth-order valence-corrected chi connectivity index (χ4v) is 2.25. The van der Waals surface area contributed by atoms with Gasteiger partial charge >= 0.3 is 0 Å². The third kappa shape index (κ3) is 6.42. The molecule has 0 aromatic heterocycles. The molecule has 0 bridgehead atoms. The maximum Gasteiger partial charge on any atom is 0.0863 e. The van der Waals surface area contributed by atoms with Crippen molar-refractivity contribution in [3.8, 4) is 0 Å². The topological polar surface area (TPSA) is 40.5 Å². The minimum atomic E-state index is -0.948. The molecule has 0 spiro atoms. The largest absolute Gasteiger partial charge is 0.396 e. The summed E-state index contributed by atoms with van der Waals surface area (Å²) < 4.78 is 0. The zero-order valence-electron chi connectivity index (χ0n) is 13.8. The lowest BCUT2D eigenvalue weighted by molar-refractivity contribution is 0.0999. The van der Waals surface area contributed by atoms with Gasteiger partial charge in [-0.3, -0.25) is 0 Å². The van der Waals surface area contributed by atoms with Crippen LogP contribution >= 0.6 is 0 Å². The quantitative estimate of drug-likeness (QED) is 0.665. The third-order valence-electron chi connectivity index (χ3n) is 3.80. The Morgan fingerprint density at radius 2 is 1.91 bits per heavy atom. The predicted octanol–water partition coefficient (Wildman–Crippen LogP) is 4.36. The molecule has 0 amide bonds. The molecule has 0 aliphatic heterocycles. The van der Waals surface area contributed by atoms with Crippen molar-refractivity contribution in [2.75, 3.05) is 6.61 Å². The van der Waals surface area contributed by atoms with Crippen LogP contribution in [0.4, 0.5) is 0 Å². The first kappa shape index (κ1) is 18.4. The molecule has 0 saturated heterocycles. The third-order valence-corrected chi connectivity index (χ3v) is 3.80. The van der Waals surface area contributed by atoms with Crippen LogP contribution in [0.2, 0.25) is 0 Å². The van der Waals surface area contributed by atoms with Gasteiger partial charge in [-0.2, -0.15) is 0 Å². The van der Waals surface area contributed by atoms with E-state index in [1.807, 2.05) is 49.4 Å². The van der Waals surface area contributed by atoms with Gasteiger partial charge in [-0.05, 0) is 43.2 Å². The van der Waals surface area contributed by atoms with Crippen molar-refractivity contribution < 1.29 is 10.2 Å². The van der Waals surface area contributed by atoms with E-state index in [4.69, 9.17) is 5.11 Å². The van der Waals surface area contributed by atoms with Crippen molar-refractivity contribution in [2.45, 2.75) is 38.7 Å². The fourth-order valence-electron chi connectivity index (χ4n) is 2.25. The summed E-state index contributed by atoms with van der Waals surface area (Å²) >= 11 is 0. The second-order valence-electron chi connectivity index (χ2n) is 6.31. The van der Waals surface area contributed by atoms with E-state index in [1.54, 1.807) is 6.92 Å². The van der Waals surface area contributed by atoms with Crippen molar-refractivity contribution >= 4 is 6.08 Å². The lowest BCUT2D eigenvalue weighted by Gasteiger charge is -2.26. The Labute approximate surface area is 134 Å². The number of hydrogen-bond donors (Lipinski definition) is 2. The van der Waals surface area contributed by atoms with Crippen LogP contribution in [0.15, 0.2) is 60.7 Å². The molecular weight excluding hydrogens is 272 g/mol. The number of allylic oxidation sites excluding steroid dienone is 1. The van der Waals surface area contributed by atoms with E-state index in [9.17, 15) is 5.11 Å². The van der Waals surface area contributed by atoms with Crippen LogP contribution < -0.4 is 0 Å². The molecular formula is C20H28O2. The van der Waals surface area contributed by atoms with Crippen LogP contribution in [-0.2, 0) is 0 Å². The van der Waals surface area contributed by atoms with E-state index in [-0.39, 0.29) is 12.5 Å². The molecule has 120 valence electrons. The molecule has 0 heterocycles. The first-order chi connectivity index (χ1) is 10.3. The average molecular weight is 300 g/mol. The normalized spacial score (nSPS) is 15.5. The fraction of sp³-hybridized carbons (Fsp3) is 0.400. The van der Waals surface area contributed by atoms with Gasteiger partial charge in [-0.25, -0.2) is 0 Å². The highest BCUT2D eigenvalue weighted by Gasteiger charge is 2.23. The van der Waals surface area contributed by atoms with E-state index < -0.39 is 5.60 Å². The Balaban J connectivity index is 2.52. The lowest BCUT2D eigenvalue weighted by atomic mass is 9.87. The number of rotatable bonds is 9. The molecule has 2 N–H and O–H groups in total. The van der Waals surface area contributed by atoms with Crippen molar-refractivity contribution in [3.63, 3.8) is 0 Å². The minimum Gasteiger partial charge on any atom is -0.396 e.